The zero-order valence-corrected chi connectivity index (χ0v) is 11.7. The fourth-order valence-electron chi connectivity index (χ4n) is 2.65. The molecule has 110 valence electrons. The Kier molecular flexibility index (Phi) is 3.98. The van der Waals surface area contributed by atoms with Crippen molar-refractivity contribution >= 4 is 5.91 Å². The van der Waals surface area contributed by atoms with Crippen LogP contribution in [0.3, 0.4) is 0 Å². The molecule has 0 aromatic carbocycles. The van der Waals surface area contributed by atoms with Crippen LogP contribution in [0.25, 0.3) is 0 Å². The van der Waals surface area contributed by atoms with Gasteiger partial charge in [0.2, 0.25) is 5.89 Å². The molecule has 3 rings (SSSR count). The van der Waals surface area contributed by atoms with Gasteiger partial charge in [-0.05, 0) is 25.8 Å². The number of morpholine rings is 1. The van der Waals surface area contributed by atoms with Gasteiger partial charge < -0.3 is 19.5 Å². The lowest BCUT2D eigenvalue weighted by Gasteiger charge is -2.31. The Balaban J connectivity index is 1.67. The second-order valence-electron chi connectivity index (χ2n) is 5.26. The van der Waals surface area contributed by atoms with E-state index in [0.717, 1.165) is 25.8 Å². The Morgan fingerprint density at radius 2 is 2.45 bits per heavy atom. The summed E-state index contributed by atoms with van der Waals surface area (Å²) in [4.78, 5) is 18.3. The number of carbonyl (C=O) groups is 1. The van der Waals surface area contributed by atoms with Gasteiger partial charge in [-0.25, -0.2) is 0 Å². The molecule has 7 heteroatoms. The average Bonchev–Trinajstić information content (AvgIpc) is 3.17. The molecule has 1 amide bonds. The van der Waals surface area contributed by atoms with Gasteiger partial charge in [0.25, 0.3) is 11.7 Å². The largest absolute Gasteiger partial charge is 0.375 e. The van der Waals surface area contributed by atoms with Gasteiger partial charge in [0.1, 0.15) is 0 Å². The molecular weight excluding hydrogens is 260 g/mol. The quantitative estimate of drug-likeness (QED) is 0.880. The van der Waals surface area contributed by atoms with Gasteiger partial charge in [-0.15, -0.1) is 0 Å². The Morgan fingerprint density at radius 3 is 3.20 bits per heavy atom. The van der Waals surface area contributed by atoms with Gasteiger partial charge in [-0.3, -0.25) is 4.79 Å². The Bertz CT molecular complexity index is 470. The van der Waals surface area contributed by atoms with Gasteiger partial charge in [-0.2, -0.15) is 4.98 Å². The lowest BCUT2D eigenvalue weighted by Crippen LogP contribution is -2.45. The minimum Gasteiger partial charge on any atom is -0.375 e. The van der Waals surface area contributed by atoms with E-state index in [0.29, 0.717) is 25.6 Å². The highest BCUT2D eigenvalue weighted by Crippen LogP contribution is 2.21. The zero-order chi connectivity index (χ0) is 13.9. The summed E-state index contributed by atoms with van der Waals surface area (Å²) in [6.45, 7) is 4.76. The SMILES string of the molecule is CCC1CN(C(=O)c2noc(C3CCCN3)n2)CCO1. The van der Waals surface area contributed by atoms with Crippen LogP contribution in [0.5, 0.6) is 0 Å². The highest BCUT2D eigenvalue weighted by molar-refractivity contribution is 5.90. The molecule has 0 radical (unpaired) electrons. The molecule has 2 atom stereocenters. The first-order valence-corrected chi connectivity index (χ1v) is 7.25. The van der Waals surface area contributed by atoms with Gasteiger partial charge in [0.05, 0.1) is 18.8 Å². The molecule has 1 aromatic rings. The van der Waals surface area contributed by atoms with Crippen LogP contribution >= 0.6 is 0 Å². The molecule has 0 aliphatic carbocycles. The topological polar surface area (TPSA) is 80.5 Å². The number of nitrogens with one attached hydrogen (secondary N) is 1. The van der Waals surface area contributed by atoms with Gasteiger partial charge >= 0.3 is 0 Å². The first-order valence-electron chi connectivity index (χ1n) is 7.25. The van der Waals surface area contributed by atoms with E-state index in [1.807, 2.05) is 0 Å². The second kappa shape index (κ2) is 5.88. The van der Waals surface area contributed by atoms with Crippen LogP contribution in [0.1, 0.15) is 48.7 Å². The van der Waals surface area contributed by atoms with Crippen molar-refractivity contribution in [1.29, 1.82) is 0 Å². The van der Waals surface area contributed by atoms with Crippen LogP contribution in [0.4, 0.5) is 0 Å². The number of hydrogen-bond acceptors (Lipinski definition) is 6. The van der Waals surface area contributed by atoms with E-state index in [1.165, 1.54) is 0 Å². The monoisotopic (exact) mass is 280 g/mol. The molecule has 2 unspecified atom stereocenters. The summed E-state index contributed by atoms with van der Waals surface area (Å²) in [5, 5.41) is 7.11. The minimum absolute atomic E-state index is 0.0946. The number of amides is 1. The molecular formula is C13H20N4O3. The van der Waals surface area contributed by atoms with E-state index in [1.54, 1.807) is 4.90 Å². The van der Waals surface area contributed by atoms with Crippen molar-refractivity contribution in [3.8, 4) is 0 Å². The fourth-order valence-corrected chi connectivity index (χ4v) is 2.65. The molecule has 2 aliphatic heterocycles. The highest BCUT2D eigenvalue weighted by Gasteiger charge is 2.29. The molecule has 2 saturated heterocycles. The molecule has 0 spiro atoms. The van der Waals surface area contributed by atoms with Crippen LogP contribution in [0.15, 0.2) is 4.52 Å². The predicted octanol–water partition coefficient (Wildman–Crippen LogP) is 0.745. The number of ether oxygens (including phenoxy) is 1. The Labute approximate surface area is 117 Å². The number of carbonyl (C=O) groups excluding carboxylic acids is 1. The highest BCUT2D eigenvalue weighted by atomic mass is 16.5. The molecule has 1 N–H and O–H groups in total. The Morgan fingerprint density at radius 1 is 1.55 bits per heavy atom. The number of nitrogens with zero attached hydrogens (tertiary/aromatic N) is 3. The summed E-state index contributed by atoms with van der Waals surface area (Å²) in [6, 6.07) is 0.0946. The zero-order valence-electron chi connectivity index (χ0n) is 11.7. The van der Waals surface area contributed by atoms with Crippen LogP contribution < -0.4 is 5.32 Å². The van der Waals surface area contributed by atoms with E-state index in [4.69, 9.17) is 9.26 Å². The maximum atomic E-state index is 12.4. The number of rotatable bonds is 3. The molecule has 0 saturated carbocycles. The van der Waals surface area contributed by atoms with Crippen LogP contribution in [0.2, 0.25) is 0 Å². The number of aromatic nitrogens is 2. The van der Waals surface area contributed by atoms with Crippen molar-refractivity contribution in [2.24, 2.45) is 0 Å². The summed E-state index contributed by atoms with van der Waals surface area (Å²) in [7, 11) is 0. The average molecular weight is 280 g/mol. The van der Waals surface area contributed by atoms with Crippen molar-refractivity contribution in [2.45, 2.75) is 38.3 Å². The third kappa shape index (κ3) is 2.69. The first-order chi connectivity index (χ1) is 9.78. The summed E-state index contributed by atoms with van der Waals surface area (Å²) in [6.07, 6.45) is 3.08. The summed E-state index contributed by atoms with van der Waals surface area (Å²) in [5.41, 5.74) is 0. The van der Waals surface area contributed by atoms with E-state index in [-0.39, 0.29) is 23.9 Å². The maximum absolute atomic E-state index is 12.4. The minimum atomic E-state index is -0.167. The molecule has 3 heterocycles. The molecule has 1 aromatic heterocycles. The number of hydrogen-bond donors (Lipinski definition) is 1. The van der Waals surface area contributed by atoms with Crippen LogP contribution in [-0.4, -0.2) is 53.3 Å². The third-order valence-corrected chi connectivity index (χ3v) is 3.87. The van der Waals surface area contributed by atoms with Gasteiger partial charge in [-0.1, -0.05) is 12.1 Å². The lowest BCUT2D eigenvalue weighted by molar-refractivity contribution is -0.0231. The Hall–Kier alpha value is -1.47. The van der Waals surface area contributed by atoms with E-state index < -0.39 is 0 Å². The van der Waals surface area contributed by atoms with Crippen LogP contribution in [0, 0.1) is 0 Å². The van der Waals surface area contributed by atoms with Crippen molar-refractivity contribution in [3.63, 3.8) is 0 Å². The molecule has 7 nitrogen and oxygen atoms in total. The van der Waals surface area contributed by atoms with Crippen molar-refractivity contribution in [1.82, 2.24) is 20.4 Å². The van der Waals surface area contributed by atoms with Gasteiger partial charge in [0.15, 0.2) is 0 Å². The molecule has 0 bridgehead atoms. The lowest BCUT2D eigenvalue weighted by atomic mass is 10.2. The normalized spacial score (nSPS) is 26.9. The predicted molar refractivity (Wildman–Crippen MR) is 70.2 cm³/mol. The fraction of sp³-hybridized carbons (Fsp3) is 0.769. The van der Waals surface area contributed by atoms with Crippen molar-refractivity contribution < 1.29 is 14.1 Å². The molecule has 20 heavy (non-hydrogen) atoms. The van der Waals surface area contributed by atoms with E-state index in [9.17, 15) is 4.79 Å². The smallest absolute Gasteiger partial charge is 0.295 e. The summed E-state index contributed by atoms with van der Waals surface area (Å²) in [5.74, 6) is 0.511. The molecule has 2 aliphatic rings. The second-order valence-corrected chi connectivity index (χ2v) is 5.26. The standard InChI is InChI=1S/C13H20N4O3/c1-2-9-8-17(6-7-19-9)13(18)11-15-12(20-16-11)10-4-3-5-14-10/h9-10,14H,2-8H2,1H3. The summed E-state index contributed by atoms with van der Waals surface area (Å²) < 4.78 is 10.8. The van der Waals surface area contributed by atoms with Crippen molar-refractivity contribution in [3.05, 3.63) is 11.7 Å². The van der Waals surface area contributed by atoms with Gasteiger partial charge in [0, 0.05) is 13.1 Å². The van der Waals surface area contributed by atoms with Crippen LogP contribution in [-0.2, 0) is 4.74 Å². The summed E-state index contributed by atoms with van der Waals surface area (Å²) >= 11 is 0. The molecule has 2 fully saturated rings. The van der Waals surface area contributed by atoms with E-state index in [2.05, 4.69) is 22.4 Å². The first kappa shape index (κ1) is 13.5. The third-order valence-electron chi connectivity index (χ3n) is 3.87. The van der Waals surface area contributed by atoms with E-state index >= 15 is 0 Å². The maximum Gasteiger partial charge on any atom is 0.295 e. The van der Waals surface area contributed by atoms with Crippen molar-refractivity contribution in [2.75, 3.05) is 26.2 Å².